The van der Waals surface area contributed by atoms with Crippen LogP contribution in [0.5, 0.6) is 5.75 Å². The van der Waals surface area contributed by atoms with E-state index in [4.69, 9.17) is 9.84 Å². The fourth-order valence-corrected chi connectivity index (χ4v) is 2.56. The zero-order valence-corrected chi connectivity index (χ0v) is 11.6. The van der Waals surface area contributed by atoms with Crippen LogP contribution in [0.3, 0.4) is 0 Å². The molecular weight excluding hydrogens is 278 g/mol. The average Bonchev–Trinajstić information content (AvgIpc) is 2.83. The summed E-state index contributed by atoms with van der Waals surface area (Å²) >= 11 is 1.23. The van der Waals surface area contributed by atoms with Crippen LogP contribution in [0, 0.1) is 0 Å². The minimum atomic E-state index is -1.07. The summed E-state index contributed by atoms with van der Waals surface area (Å²) in [5, 5.41) is 11.9. The molecule has 104 valence electrons. The third kappa shape index (κ3) is 3.36. The Balaban J connectivity index is 2.11. The normalized spacial score (nSPS) is 10.1. The van der Waals surface area contributed by atoms with E-state index in [0.29, 0.717) is 12.2 Å². The molecule has 0 fully saturated rings. The van der Waals surface area contributed by atoms with Crippen molar-refractivity contribution in [2.75, 3.05) is 5.32 Å². The van der Waals surface area contributed by atoms with Gasteiger partial charge in [-0.15, -0.1) is 11.3 Å². The molecule has 0 bridgehead atoms. The second kappa shape index (κ2) is 6.21. The van der Waals surface area contributed by atoms with Crippen molar-refractivity contribution in [3.8, 4) is 5.75 Å². The number of ether oxygens (including phenoxy) is 1. The van der Waals surface area contributed by atoms with Gasteiger partial charge in [-0.25, -0.2) is 9.59 Å². The number of carbonyl (C=O) groups is 2. The molecule has 1 aromatic carbocycles. The molecule has 0 aliphatic heterocycles. The highest BCUT2D eigenvalue weighted by molar-refractivity contribution is 7.16. The minimum Gasteiger partial charge on any atom is -0.478 e. The maximum absolute atomic E-state index is 11.7. The maximum Gasteiger partial charge on any atom is 0.417 e. The number of thiophene rings is 1. The molecule has 0 unspecified atom stereocenters. The molecule has 6 heteroatoms. The number of aromatic carboxylic acids is 1. The summed E-state index contributed by atoms with van der Waals surface area (Å²) in [6.45, 7) is 1.92. The number of hydrogen-bond acceptors (Lipinski definition) is 4. The quantitative estimate of drug-likeness (QED) is 0.902. The lowest BCUT2D eigenvalue weighted by Crippen LogP contribution is -2.17. The number of rotatable bonds is 4. The van der Waals surface area contributed by atoms with Crippen LogP contribution in [0.1, 0.15) is 22.2 Å². The summed E-state index contributed by atoms with van der Waals surface area (Å²) in [5.41, 5.74) is 0.0804. The molecule has 0 saturated carbocycles. The number of carboxylic acid groups (broad SMARTS) is 1. The van der Waals surface area contributed by atoms with E-state index in [0.717, 1.165) is 4.88 Å². The van der Waals surface area contributed by atoms with Crippen molar-refractivity contribution in [2.24, 2.45) is 0 Å². The summed E-state index contributed by atoms with van der Waals surface area (Å²) in [7, 11) is 0. The Hall–Kier alpha value is -2.34. The summed E-state index contributed by atoms with van der Waals surface area (Å²) < 4.78 is 5.06. The van der Waals surface area contributed by atoms with E-state index in [1.807, 2.05) is 6.92 Å². The zero-order chi connectivity index (χ0) is 14.5. The van der Waals surface area contributed by atoms with Gasteiger partial charge in [0.25, 0.3) is 0 Å². The molecule has 0 aliphatic rings. The van der Waals surface area contributed by atoms with E-state index >= 15 is 0 Å². The number of para-hydroxylation sites is 1. The van der Waals surface area contributed by atoms with Gasteiger partial charge < -0.3 is 9.84 Å². The van der Waals surface area contributed by atoms with Crippen molar-refractivity contribution in [2.45, 2.75) is 13.3 Å². The predicted octanol–water partition coefficient (Wildman–Crippen LogP) is 3.62. The van der Waals surface area contributed by atoms with Crippen LogP contribution < -0.4 is 10.1 Å². The van der Waals surface area contributed by atoms with Gasteiger partial charge in [0, 0.05) is 4.88 Å². The Labute approximate surface area is 119 Å². The number of benzene rings is 1. The summed E-state index contributed by atoms with van der Waals surface area (Å²) in [6.07, 6.45) is 0.00332. The van der Waals surface area contributed by atoms with Gasteiger partial charge in [-0.3, -0.25) is 5.32 Å². The summed E-state index contributed by atoms with van der Waals surface area (Å²) in [6, 6.07) is 10.1. The molecule has 0 atom stereocenters. The molecule has 0 saturated heterocycles. The summed E-state index contributed by atoms with van der Waals surface area (Å²) in [4.78, 5) is 23.7. The molecule has 0 radical (unpaired) electrons. The minimum absolute atomic E-state index is 0.0804. The van der Waals surface area contributed by atoms with Crippen molar-refractivity contribution in [3.05, 3.63) is 46.8 Å². The van der Waals surface area contributed by atoms with Crippen LogP contribution in [0.4, 0.5) is 9.80 Å². The first-order chi connectivity index (χ1) is 9.60. The van der Waals surface area contributed by atoms with Gasteiger partial charge in [0.2, 0.25) is 0 Å². The van der Waals surface area contributed by atoms with Crippen molar-refractivity contribution in [1.82, 2.24) is 0 Å². The molecule has 20 heavy (non-hydrogen) atoms. The van der Waals surface area contributed by atoms with Crippen molar-refractivity contribution in [1.29, 1.82) is 0 Å². The first-order valence-corrected chi connectivity index (χ1v) is 6.81. The maximum atomic E-state index is 11.7. The highest BCUT2D eigenvalue weighted by Gasteiger charge is 2.17. The molecule has 2 N–H and O–H groups in total. The molecular formula is C14H13NO4S. The Kier molecular flexibility index (Phi) is 4.37. The smallest absolute Gasteiger partial charge is 0.417 e. The Morgan fingerprint density at radius 1 is 1.30 bits per heavy atom. The molecule has 1 aromatic heterocycles. The zero-order valence-electron chi connectivity index (χ0n) is 10.8. The Morgan fingerprint density at radius 2 is 2.00 bits per heavy atom. The summed E-state index contributed by atoms with van der Waals surface area (Å²) in [5.74, 6) is -0.676. The predicted molar refractivity (Wildman–Crippen MR) is 76.7 cm³/mol. The van der Waals surface area contributed by atoms with Crippen molar-refractivity contribution < 1.29 is 19.4 Å². The standard InChI is InChI=1S/C14H13NO4S/c1-2-10-8-11(13(16)17)12(20-10)15-14(18)19-9-6-4-3-5-7-9/h3-8H,2H2,1H3,(H,15,18)(H,16,17). The van der Waals surface area contributed by atoms with Crippen LogP contribution >= 0.6 is 11.3 Å². The highest BCUT2D eigenvalue weighted by atomic mass is 32.1. The number of nitrogens with one attached hydrogen (secondary N) is 1. The average molecular weight is 291 g/mol. The van der Waals surface area contributed by atoms with E-state index in [1.54, 1.807) is 36.4 Å². The van der Waals surface area contributed by atoms with Crippen molar-refractivity contribution >= 4 is 28.4 Å². The van der Waals surface area contributed by atoms with Crippen LogP contribution in [0.15, 0.2) is 36.4 Å². The van der Waals surface area contributed by atoms with Gasteiger partial charge in [-0.05, 0) is 24.6 Å². The highest BCUT2D eigenvalue weighted by Crippen LogP contribution is 2.28. The number of aryl methyl sites for hydroxylation is 1. The van der Waals surface area contributed by atoms with E-state index in [-0.39, 0.29) is 10.6 Å². The van der Waals surface area contributed by atoms with Crippen LogP contribution in [0.2, 0.25) is 0 Å². The largest absolute Gasteiger partial charge is 0.478 e. The van der Waals surface area contributed by atoms with Crippen LogP contribution in [-0.2, 0) is 6.42 Å². The van der Waals surface area contributed by atoms with Gasteiger partial charge in [-0.2, -0.15) is 0 Å². The second-order valence-electron chi connectivity index (χ2n) is 3.94. The second-order valence-corrected chi connectivity index (χ2v) is 5.08. The van der Waals surface area contributed by atoms with Crippen LogP contribution in [0.25, 0.3) is 0 Å². The van der Waals surface area contributed by atoms with E-state index < -0.39 is 12.1 Å². The molecule has 5 nitrogen and oxygen atoms in total. The number of carbonyl (C=O) groups excluding carboxylic acids is 1. The Morgan fingerprint density at radius 3 is 2.60 bits per heavy atom. The van der Waals surface area contributed by atoms with Crippen LogP contribution in [-0.4, -0.2) is 17.2 Å². The number of hydrogen-bond donors (Lipinski definition) is 2. The number of anilines is 1. The third-order valence-corrected chi connectivity index (χ3v) is 3.73. The number of carboxylic acids is 1. The monoisotopic (exact) mass is 291 g/mol. The topological polar surface area (TPSA) is 75.6 Å². The van der Waals surface area contributed by atoms with Crippen molar-refractivity contribution in [3.63, 3.8) is 0 Å². The lowest BCUT2D eigenvalue weighted by molar-refractivity contribution is 0.0698. The number of amides is 1. The lowest BCUT2D eigenvalue weighted by Gasteiger charge is -2.05. The SMILES string of the molecule is CCc1cc(C(=O)O)c(NC(=O)Oc2ccccc2)s1. The van der Waals surface area contributed by atoms with Gasteiger partial charge >= 0.3 is 12.1 Å². The molecule has 1 heterocycles. The van der Waals surface area contributed by atoms with Gasteiger partial charge in [0.05, 0.1) is 5.56 Å². The molecule has 0 aliphatic carbocycles. The van der Waals surface area contributed by atoms with Gasteiger partial charge in [0.15, 0.2) is 0 Å². The fraction of sp³-hybridized carbons (Fsp3) is 0.143. The molecule has 0 spiro atoms. The lowest BCUT2D eigenvalue weighted by atomic mass is 10.2. The van der Waals surface area contributed by atoms with Gasteiger partial charge in [-0.1, -0.05) is 25.1 Å². The molecule has 2 aromatic rings. The third-order valence-electron chi connectivity index (χ3n) is 2.53. The first kappa shape index (κ1) is 14.1. The molecule has 2 rings (SSSR count). The first-order valence-electron chi connectivity index (χ1n) is 6.00. The van der Waals surface area contributed by atoms with E-state index in [9.17, 15) is 9.59 Å². The van der Waals surface area contributed by atoms with E-state index in [1.165, 1.54) is 11.3 Å². The Bertz CT molecular complexity index is 621. The van der Waals surface area contributed by atoms with E-state index in [2.05, 4.69) is 5.32 Å². The van der Waals surface area contributed by atoms with Gasteiger partial charge in [0.1, 0.15) is 10.8 Å². The molecule has 1 amide bonds. The fourth-order valence-electron chi connectivity index (χ4n) is 1.58.